The molecular formula is C10H16F2N2O14P4. The van der Waals surface area contributed by atoms with Crippen LogP contribution in [-0.4, -0.2) is 70.4 Å². The normalized spacial score (nSPS) is 30.1. The van der Waals surface area contributed by atoms with Crippen LogP contribution in [0.25, 0.3) is 0 Å². The molecule has 0 spiro atoms. The van der Waals surface area contributed by atoms with E-state index in [4.69, 9.17) is 14.5 Å². The smallest absolute Gasteiger partial charge is 0.387 e. The van der Waals surface area contributed by atoms with E-state index in [1.807, 2.05) is 0 Å². The standard InChI is InChI=1S/C10H16F2N2O14P4/c11-3-10(18)6(15)5(26-8(10)14-1-4(12)7(16)13-9(14)17)2-25-30(19,20)27-31(21,22)28-32(23,24)29/h1,5-6,8,15,18,23-24,29H,2-3H2,(H,19,20)(H,21,22)(H,13,16,17)/t5-,6+,8-,10?/m1/s1. The van der Waals surface area contributed by atoms with Gasteiger partial charge >= 0.3 is 21.3 Å². The number of phosphoric acid groups is 2. The van der Waals surface area contributed by atoms with Gasteiger partial charge in [-0.1, -0.05) is 0 Å². The molecule has 1 aliphatic heterocycles. The van der Waals surface area contributed by atoms with E-state index in [-0.39, 0.29) is 10.8 Å². The van der Waals surface area contributed by atoms with Crippen molar-refractivity contribution in [3.8, 4) is 0 Å². The van der Waals surface area contributed by atoms with E-state index in [0.717, 1.165) is 0 Å². The molecule has 1 saturated heterocycles. The van der Waals surface area contributed by atoms with Gasteiger partial charge in [-0.15, -0.1) is 0 Å². The highest BCUT2D eigenvalue weighted by atomic mass is 31.8. The Balaban J connectivity index is 2.22. The molecule has 22 heteroatoms. The van der Waals surface area contributed by atoms with Gasteiger partial charge in [0.15, 0.2) is 11.8 Å². The molecule has 6 atom stereocenters. The van der Waals surface area contributed by atoms with Crippen LogP contribution in [0, 0.1) is 5.82 Å². The van der Waals surface area contributed by atoms with E-state index < -0.39 is 77.3 Å². The Bertz CT molecular complexity index is 1120. The predicted molar refractivity (Wildman–Crippen MR) is 99.6 cm³/mol. The van der Waals surface area contributed by atoms with Crippen molar-refractivity contribution in [1.29, 1.82) is 0 Å². The molecule has 0 saturated carbocycles. The number of phosphoric ester groups is 1. The number of rotatable bonds is 9. The zero-order valence-corrected chi connectivity index (χ0v) is 18.9. The minimum absolute atomic E-state index is 0.200. The van der Waals surface area contributed by atoms with Crippen molar-refractivity contribution in [2.24, 2.45) is 0 Å². The van der Waals surface area contributed by atoms with Gasteiger partial charge in [0.1, 0.15) is 18.9 Å². The fraction of sp³-hybridized carbons (Fsp3) is 0.600. The number of alkyl halides is 1. The van der Waals surface area contributed by atoms with Crippen LogP contribution in [-0.2, 0) is 27.0 Å². The van der Waals surface area contributed by atoms with Crippen LogP contribution in [0.3, 0.4) is 0 Å². The number of H-pyrrole nitrogens is 1. The Hall–Kier alpha value is -0.670. The summed E-state index contributed by atoms with van der Waals surface area (Å²) < 4.78 is 67.4. The summed E-state index contributed by atoms with van der Waals surface area (Å²) in [5.74, 6) is -1.53. The molecule has 2 heterocycles. The van der Waals surface area contributed by atoms with Crippen LogP contribution in [0.5, 0.6) is 0 Å². The Morgan fingerprint density at radius 1 is 1.22 bits per heavy atom. The van der Waals surface area contributed by atoms with Crippen molar-refractivity contribution in [3.63, 3.8) is 0 Å². The van der Waals surface area contributed by atoms with E-state index in [1.165, 1.54) is 4.98 Å². The zero-order valence-electron chi connectivity index (χ0n) is 15.2. The van der Waals surface area contributed by atoms with Crippen molar-refractivity contribution >= 4 is 31.4 Å². The van der Waals surface area contributed by atoms with E-state index in [1.54, 1.807) is 0 Å². The molecule has 0 aromatic carbocycles. The highest BCUT2D eigenvalue weighted by Gasteiger charge is 2.57. The fourth-order valence-electron chi connectivity index (χ4n) is 2.52. The fourth-order valence-corrected chi connectivity index (χ4v) is 6.56. The first-order valence-corrected chi connectivity index (χ1v) is 13.8. The number of aliphatic hydroxyl groups excluding tert-OH is 1. The molecule has 1 aromatic heterocycles. The SMILES string of the molecule is O=c1[nH]c(=O)n([C@@H]2O[C@H](COP(=O)(O)OP(=O)(O)OP(O)(O)=P)[C@H](O)C2(O)CF)cc1F. The highest BCUT2D eigenvalue weighted by molar-refractivity contribution is 7.91. The zero-order chi connectivity index (χ0) is 24.7. The molecule has 0 bridgehead atoms. The van der Waals surface area contributed by atoms with Crippen molar-refractivity contribution < 1.29 is 65.6 Å². The first-order valence-electron chi connectivity index (χ1n) is 7.86. The molecule has 2 rings (SSSR count). The predicted octanol–water partition coefficient (Wildman–Crippen LogP) is -1.31. The second-order valence-corrected chi connectivity index (χ2v) is 12.5. The van der Waals surface area contributed by atoms with Gasteiger partial charge in [0.25, 0.3) is 12.8 Å². The highest BCUT2D eigenvalue weighted by Crippen LogP contribution is 2.67. The Kier molecular flexibility index (Phi) is 8.21. The molecule has 16 nitrogen and oxygen atoms in total. The first kappa shape index (κ1) is 27.6. The summed E-state index contributed by atoms with van der Waals surface area (Å²) in [4.78, 5) is 61.0. The molecule has 3 unspecified atom stereocenters. The summed E-state index contributed by atoms with van der Waals surface area (Å²) >= 11 is 0. The third-order valence-electron chi connectivity index (χ3n) is 3.81. The van der Waals surface area contributed by atoms with Gasteiger partial charge in [0.2, 0.25) is 5.82 Å². The van der Waals surface area contributed by atoms with Gasteiger partial charge in [-0.25, -0.2) is 22.6 Å². The number of hydrogen-bond donors (Lipinski definition) is 7. The topological polar surface area (TPSA) is 247 Å². The van der Waals surface area contributed by atoms with E-state index in [9.17, 15) is 47.5 Å². The van der Waals surface area contributed by atoms with E-state index in [0.29, 0.717) is 0 Å². The molecule has 7 N–H and O–H groups in total. The summed E-state index contributed by atoms with van der Waals surface area (Å²) in [6.45, 7) is -3.04. The number of nitrogens with zero attached hydrogens (tertiary/aromatic N) is 1. The van der Waals surface area contributed by atoms with Crippen LogP contribution in [0.2, 0.25) is 0 Å². The Morgan fingerprint density at radius 3 is 2.34 bits per heavy atom. The number of aliphatic hydroxyl groups is 2. The molecular weight excluding hydrogens is 534 g/mol. The minimum Gasteiger partial charge on any atom is -0.387 e. The van der Waals surface area contributed by atoms with Crippen LogP contribution in [0.15, 0.2) is 15.8 Å². The monoisotopic (exact) mass is 550 g/mol. The average Bonchev–Trinajstić information content (AvgIpc) is 2.85. The van der Waals surface area contributed by atoms with Gasteiger partial charge < -0.3 is 34.5 Å². The van der Waals surface area contributed by atoms with Gasteiger partial charge in [-0.05, 0) is 8.53 Å². The van der Waals surface area contributed by atoms with E-state index in [2.05, 4.69) is 21.7 Å². The minimum atomic E-state index is -5.59. The molecule has 184 valence electrons. The van der Waals surface area contributed by atoms with Crippen LogP contribution >= 0.6 is 31.4 Å². The third-order valence-corrected chi connectivity index (χ3v) is 8.41. The molecule has 1 fully saturated rings. The summed E-state index contributed by atoms with van der Waals surface area (Å²) in [5.41, 5.74) is -5.75. The Morgan fingerprint density at radius 2 is 1.81 bits per heavy atom. The first-order chi connectivity index (χ1) is 14.4. The molecule has 32 heavy (non-hydrogen) atoms. The molecule has 0 radical (unpaired) electrons. The van der Waals surface area contributed by atoms with Crippen LogP contribution in [0.1, 0.15) is 6.23 Å². The second kappa shape index (κ2) is 9.53. The summed E-state index contributed by atoms with van der Waals surface area (Å²) in [6, 6.07) is 0. The van der Waals surface area contributed by atoms with Crippen molar-refractivity contribution in [2.75, 3.05) is 13.3 Å². The van der Waals surface area contributed by atoms with Gasteiger partial charge in [-0.3, -0.25) is 18.9 Å². The maximum atomic E-state index is 13.5. The van der Waals surface area contributed by atoms with Crippen molar-refractivity contribution in [2.45, 2.75) is 24.0 Å². The van der Waals surface area contributed by atoms with Crippen LogP contribution in [0.4, 0.5) is 8.78 Å². The van der Waals surface area contributed by atoms with Crippen LogP contribution < -0.4 is 11.2 Å². The number of aromatic nitrogens is 2. The number of ether oxygens (including phenoxy) is 1. The van der Waals surface area contributed by atoms with E-state index >= 15 is 0 Å². The lowest BCUT2D eigenvalue weighted by atomic mass is 9.95. The lowest BCUT2D eigenvalue weighted by Crippen LogP contribution is -2.51. The molecule has 1 aromatic rings. The second-order valence-electron chi connectivity index (χ2n) is 6.18. The maximum Gasteiger partial charge on any atom is 0.488 e. The molecule has 0 aliphatic carbocycles. The quantitative estimate of drug-likeness (QED) is 0.177. The van der Waals surface area contributed by atoms with Gasteiger partial charge in [0, 0.05) is 0 Å². The summed E-state index contributed by atoms with van der Waals surface area (Å²) in [6.07, 6.45) is -6.11. The molecule has 1 aliphatic rings. The lowest BCUT2D eigenvalue weighted by Gasteiger charge is -2.28. The van der Waals surface area contributed by atoms with Crippen molar-refractivity contribution in [1.82, 2.24) is 9.55 Å². The number of aromatic amines is 1. The lowest BCUT2D eigenvalue weighted by molar-refractivity contribution is -0.121. The summed E-state index contributed by atoms with van der Waals surface area (Å²) in [5, 5.41) is 20.5. The maximum absolute atomic E-state index is 13.5. The number of nitrogens with one attached hydrogen (secondary N) is 1. The molecule has 0 amide bonds. The Labute approximate surface area is 177 Å². The van der Waals surface area contributed by atoms with Crippen molar-refractivity contribution in [3.05, 3.63) is 32.9 Å². The summed E-state index contributed by atoms with van der Waals surface area (Å²) in [7, 11) is -13.6. The average molecular weight is 550 g/mol. The largest absolute Gasteiger partial charge is 0.488 e. The number of halogens is 2. The number of hydrogen-bond acceptors (Lipinski definition) is 10. The van der Waals surface area contributed by atoms with Gasteiger partial charge in [0.05, 0.1) is 12.8 Å². The third kappa shape index (κ3) is 6.47. The van der Waals surface area contributed by atoms with Gasteiger partial charge in [-0.2, -0.15) is 8.70 Å².